The lowest BCUT2D eigenvalue weighted by molar-refractivity contribution is -0.143. The number of amides is 1. The van der Waals surface area contributed by atoms with Gasteiger partial charge in [0, 0.05) is 42.3 Å². The summed E-state index contributed by atoms with van der Waals surface area (Å²) in [7, 11) is 0. The van der Waals surface area contributed by atoms with E-state index >= 15 is 0 Å². The number of ether oxygens (including phenoxy) is 1. The van der Waals surface area contributed by atoms with Crippen LogP contribution in [0.15, 0.2) is 24.3 Å². The number of benzene rings is 1. The first-order valence-electron chi connectivity index (χ1n) is 14.1. The molecule has 0 saturated carbocycles. The zero-order chi connectivity index (χ0) is 26.4. The third kappa shape index (κ3) is 6.35. The van der Waals surface area contributed by atoms with E-state index in [1.807, 2.05) is 19.1 Å². The average molecular weight is 510 g/mol. The number of nitrogens with zero attached hydrogens (tertiary/aromatic N) is 3. The van der Waals surface area contributed by atoms with E-state index in [0.717, 1.165) is 88.6 Å². The maximum absolute atomic E-state index is 13.6. The number of nitrogen functional groups attached to an aromatic ring is 1. The highest BCUT2D eigenvalue weighted by Gasteiger charge is 2.37. The van der Waals surface area contributed by atoms with E-state index in [-0.39, 0.29) is 23.9 Å². The van der Waals surface area contributed by atoms with Gasteiger partial charge in [-0.15, -0.1) is 0 Å². The van der Waals surface area contributed by atoms with Gasteiger partial charge in [0.25, 0.3) is 0 Å². The predicted octanol–water partition coefficient (Wildman–Crippen LogP) is 4.07. The van der Waals surface area contributed by atoms with Gasteiger partial charge in [0.05, 0.1) is 12.6 Å². The Hall–Kier alpha value is -2.87. The highest BCUT2D eigenvalue weighted by Crippen LogP contribution is 2.29. The second-order valence-corrected chi connectivity index (χ2v) is 10.4. The number of amidine groups is 1. The van der Waals surface area contributed by atoms with Crippen molar-refractivity contribution in [1.82, 2.24) is 14.4 Å². The molecule has 2 atom stereocenters. The van der Waals surface area contributed by atoms with Crippen LogP contribution in [-0.4, -0.2) is 70.4 Å². The van der Waals surface area contributed by atoms with Gasteiger partial charge in [0.2, 0.25) is 5.91 Å². The molecule has 202 valence electrons. The molecule has 0 spiro atoms. The first kappa shape index (κ1) is 27.2. The summed E-state index contributed by atoms with van der Waals surface area (Å²) in [6.45, 7) is 7.96. The zero-order valence-corrected chi connectivity index (χ0v) is 22.5. The van der Waals surface area contributed by atoms with Gasteiger partial charge in [-0.25, -0.2) is 0 Å². The molecule has 2 aromatic rings. The number of carbonyl (C=O) groups is 2. The third-order valence-corrected chi connectivity index (χ3v) is 8.04. The first-order valence-corrected chi connectivity index (χ1v) is 14.1. The number of likely N-dealkylation sites (tertiary alicyclic amines) is 2. The van der Waals surface area contributed by atoms with Gasteiger partial charge in [-0.05, 0) is 95.8 Å². The predicted molar refractivity (Wildman–Crippen MR) is 147 cm³/mol. The molecule has 0 bridgehead atoms. The van der Waals surface area contributed by atoms with Crippen LogP contribution in [0, 0.1) is 5.41 Å². The monoisotopic (exact) mass is 509 g/mol. The Bertz CT molecular complexity index is 1110. The van der Waals surface area contributed by atoms with Crippen molar-refractivity contribution in [2.24, 2.45) is 5.73 Å². The second kappa shape index (κ2) is 12.6. The molecule has 1 aromatic carbocycles. The fourth-order valence-electron chi connectivity index (χ4n) is 6.18. The highest BCUT2D eigenvalue weighted by atomic mass is 16.5. The van der Waals surface area contributed by atoms with Crippen LogP contribution < -0.4 is 5.73 Å². The number of aryl methyl sites for hydroxylation is 2. The van der Waals surface area contributed by atoms with Gasteiger partial charge >= 0.3 is 5.97 Å². The minimum absolute atomic E-state index is 0.0183. The van der Waals surface area contributed by atoms with Gasteiger partial charge in [-0.3, -0.25) is 19.9 Å². The molecule has 2 aliphatic heterocycles. The third-order valence-electron chi connectivity index (χ3n) is 8.04. The average Bonchev–Trinajstić information content (AvgIpc) is 3.62. The van der Waals surface area contributed by atoms with E-state index in [1.54, 1.807) is 0 Å². The van der Waals surface area contributed by atoms with Crippen LogP contribution in [0.1, 0.15) is 76.5 Å². The number of hydrogen-bond donors (Lipinski definition) is 2. The van der Waals surface area contributed by atoms with Crippen LogP contribution in [0.2, 0.25) is 0 Å². The van der Waals surface area contributed by atoms with Crippen molar-refractivity contribution in [3.05, 3.63) is 35.5 Å². The molecule has 2 saturated heterocycles. The summed E-state index contributed by atoms with van der Waals surface area (Å²) in [6, 6.07) is 8.49. The van der Waals surface area contributed by atoms with Crippen molar-refractivity contribution in [1.29, 1.82) is 5.41 Å². The number of aromatic nitrogens is 1. The normalized spacial score (nSPS) is 20.1. The Morgan fingerprint density at radius 3 is 2.68 bits per heavy atom. The van der Waals surface area contributed by atoms with Crippen LogP contribution in [0.5, 0.6) is 0 Å². The van der Waals surface area contributed by atoms with Gasteiger partial charge in [0.1, 0.15) is 5.84 Å². The molecular weight excluding hydrogens is 466 g/mol. The molecule has 37 heavy (non-hydrogen) atoms. The summed E-state index contributed by atoms with van der Waals surface area (Å²) >= 11 is 0. The molecular formula is C29H43N5O3. The van der Waals surface area contributed by atoms with E-state index < -0.39 is 0 Å². The molecule has 0 radical (unpaired) electrons. The van der Waals surface area contributed by atoms with Gasteiger partial charge in [-0.1, -0.05) is 12.1 Å². The molecule has 0 unspecified atom stereocenters. The van der Waals surface area contributed by atoms with Crippen LogP contribution in [0.25, 0.3) is 10.9 Å². The Kier molecular flexibility index (Phi) is 9.24. The maximum Gasteiger partial charge on any atom is 0.305 e. The minimum atomic E-state index is -0.127. The van der Waals surface area contributed by atoms with Crippen molar-refractivity contribution < 1.29 is 14.3 Å². The molecule has 1 aromatic heterocycles. The van der Waals surface area contributed by atoms with E-state index in [4.69, 9.17) is 15.9 Å². The van der Waals surface area contributed by atoms with E-state index in [9.17, 15) is 9.59 Å². The Labute approximate surface area is 220 Å². The van der Waals surface area contributed by atoms with Crippen LogP contribution in [0.4, 0.5) is 0 Å². The van der Waals surface area contributed by atoms with Crippen LogP contribution in [0.3, 0.4) is 0 Å². The molecule has 2 aliphatic rings. The number of carbonyl (C=O) groups excluding carboxylic acids is 2. The first-order chi connectivity index (χ1) is 17.9. The van der Waals surface area contributed by atoms with Crippen LogP contribution >= 0.6 is 0 Å². The van der Waals surface area contributed by atoms with Crippen molar-refractivity contribution in [3.63, 3.8) is 0 Å². The SMILES string of the molecule is CCOC(=O)CCCCN1CCC[C@@H]1C(=O)N1CCC[C@H]1CCc1cc2ccc(C(=N)N)cc2n1CC. The Morgan fingerprint density at radius 1 is 1.11 bits per heavy atom. The number of nitrogens with one attached hydrogen (secondary N) is 1. The summed E-state index contributed by atoms with van der Waals surface area (Å²) in [5, 5.41) is 8.95. The second-order valence-electron chi connectivity index (χ2n) is 10.4. The number of unbranched alkanes of at least 4 members (excludes halogenated alkanes) is 1. The quantitative estimate of drug-likeness (QED) is 0.194. The summed E-state index contributed by atoms with van der Waals surface area (Å²) in [5.74, 6) is 0.262. The van der Waals surface area contributed by atoms with Gasteiger partial charge in [-0.2, -0.15) is 0 Å². The van der Waals surface area contributed by atoms with Crippen molar-refractivity contribution in [2.45, 2.75) is 90.3 Å². The summed E-state index contributed by atoms with van der Waals surface area (Å²) in [6.07, 6.45) is 8.21. The smallest absolute Gasteiger partial charge is 0.305 e. The Morgan fingerprint density at radius 2 is 1.92 bits per heavy atom. The largest absolute Gasteiger partial charge is 0.466 e. The standard InChI is InChI=1S/C29H43N5O3/c1-3-33-24(19-21-12-13-22(28(30)31)20-26(21)33)15-14-23-9-7-18-34(23)29(36)25-10-8-17-32(25)16-6-5-11-27(35)37-4-2/h12-13,19-20,23,25H,3-11,14-18H2,1-2H3,(H3,30,31)/t23-,25+/m0/s1. The van der Waals surface area contributed by atoms with Crippen molar-refractivity contribution in [2.75, 3.05) is 26.2 Å². The summed E-state index contributed by atoms with van der Waals surface area (Å²) < 4.78 is 7.34. The van der Waals surface area contributed by atoms with E-state index in [2.05, 4.69) is 33.4 Å². The molecule has 3 heterocycles. The number of rotatable bonds is 12. The molecule has 1 amide bonds. The molecule has 3 N–H and O–H groups in total. The highest BCUT2D eigenvalue weighted by molar-refractivity contribution is 5.98. The van der Waals surface area contributed by atoms with E-state index in [1.165, 1.54) is 11.1 Å². The van der Waals surface area contributed by atoms with Gasteiger partial charge < -0.3 is 19.9 Å². The van der Waals surface area contributed by atoms with E-state index in [0.29, 0.717) is 18.9 Å². The molecule has 8 heteroatoms. The van der Waals surface area contributed by atoms with Crippen LogP contribution in [-0.2, 0) is 27.3 Å². The number of hydrogen-bond acceptors (Lipinski definition) is 5. The summed E-state index contributed by atoms with van der Waals surface area (Å²) in [4.78, 5) is 29.8. The molecule has 4 rings (SSSR count). The van der Waals surface area contributed by atoms with Crippen molar-refractivity contribution >= 4 is 28.6 Å². The number of fused-ring (bicyclic) bond motifs is 1. The summed E-state index contributed by atoms with van der Waals surface area (Å²) in [5.41, 5.74) is 8.87. The van der Waals surface area contributed by atoms with Crippen molar-refractivity contribution in [3.8, 4) is 0 Å². The lowest BCUT2D eigenvalue weighted by atomic mass is 10.1. The molecule has 2 fully saturated rings. The zero-order valence-electron chi connectivity index (χ0n) is 22.5. The number of nitrogens with two attached hydrogens (primary N) is 1. The lowest BCUT2D eigenvalue weighted by Gasteiger charge is -2.31. The van der Waals surface area contributed by atoms with Gasteiger partial charge in [0.15, 0.2) is 0 Å². The fourth-order valence-corrected chi connectivity index (χ4v) is 6.18. The maximum atomic E-state index is 13.6. The fraction of sp³-hybridized carbons (Fsp3) is 0.621. The lowest BCUT2D eigenvalue weighted by Crippen LogP contribution is -2.47. The molecule has 0 aliphatic carbocycles. The minimum Gasteiger partial charge on any atom is -0.466 e. The molecule has 8 nitrogen and oxygen atoms in total. The number of esters is 1. The Balaban J connectivity index is 1.35. The topological polar surface area (TPSA) is 105 Å².